The van der Waals surface area contributed by atoms with Crippen molar-refractivity contribution in [2.75, 3.05) is 19.5 Å². The Labute approximate surface area is 150 Å². The van der Waals surface area contributed by atoms with Gasteiger partial charge in [0.25, 0.3) is 0 Å². The molecule has 0 aliphatic carbocycles. The lowest BCUT2D eigenvalue weighted by Crippen LogP contribution is -2.05. The highest BCUT2D eigenvalue weighted by molar-refractivity contribution is 7.99. The predicted molar refractivity (Wildman–Crippen MR) is 98.6 cm³/mol. The highest BCUT2D eigenvalue weighted by atomic mass is 35.5. The summed E-state index contributed by atoms with van der Waals surface area (Å²) in [4.78, 5) is 0. The van der Waals surface area contributed by atoms with Crippen LogP contribution in [-0.4, -0.2) is 34.2 Å². The summed E-state index contributed by atoms with van der Waals surface area (Å²) in [5.74, 6) is 1.68. The van der Waals surface area contributed by atoms with Gasteiger partial charge in [-0.25, -0.2) is 0 Å². The first-order valence-corrected chi connectivity index (χ1v) is 8.99. The molecule has 0 aliphatic rings. The molecule has 0 atom stereocenters. The maximum Gasteiger partial charge on any atom is 0.191 e. The van der Waals surface area contributed by atoms with Gasteiger partial charge in [0.05, 0.1) is 13.2 Å². The van der Waals surface area contributed by atoms with Crippen LogP contribution in [-0.2, 0) is 11.3 Å². The molecule has 0 amide bonds. The Bertz CT molecular complexity index is 775. The lowest BCUT2D eigenvalue weighted by molar-refractivity contribution is 0.218. The van der Waals surface area contributed by atoms with E-state index in [4.69, 9.17) is 16.3 Å². The van der Waals surface area contributed by atoms with Crippen LogP contribution in [0.25, 0.3) is 11.4 Å². The number of hydrogen-bond acceptors (Lipinski definition) is 4. The zero-order chi connectivity index (χ0) is 16.8. The second kappa shape index (κ2) is 8.33. The van der Waals surface area contributed by atoms with Crippen molar-refractivity contribution in [3.63, 3.8) is 0 Å². The lowest BCUT2D eigenvalue weighted by Gasteiger charge is -2.10. The second-order valence-corrected chi connectivity index (χ2v) is 6.72. The summed E-state index contributed by atoms with van der Waals surface area (Å²) < 4.78 is 7.27. The molecule has 0 saturated carbocycles. The Hall–Kier alpha value is -1.82. The fourth-order valence-electron chi connectivity index (χ4n) is 2.33. The van der Waals surface area contributed by atoms with E-state index in [1.807, 2.05) is 42.5 Å². The van der Waals surface area contributed by atoms with E-state index >= 15 is 0 Å². The van der Waals surface area contributed by atoms with Crippen molar-refractivity contribution in [3.05, 3.63) is 65.2 Å². The Morgan fingerprint density at radius 3 is 2.50 bits per heavy atom. The third-order valence-corrected chi connectivity index (χ3v) is 4.70. The number of aromatic nitrogens is 3. The predicted octanol–water partition coefficient (Wildman–Crippen LogP) is 4.39. The zero-order valence-electron chi connectivity index (χ0n) is 13.4. The largest absolute Gasteiger partial charge is 0.384 e. The first kappa shape index (κ1) is 17.0. The standard InChI is InChI=1S/C18H18ClN3OS/c1-23-11-12-24-18-21-20-17(15-7-9-16(19)10-8-15)22(18)13-14-5-3-2-4-6-14/h2-10H,11-13H2,1H3. The number of methoxy groups -OCH3 is 1. The van der Waals surface area contributed by atoms with Gasteiger partial charge in [0, 0.05) is 23.4 Å². The van der Waals surface area contributed by atoms with Gasteiger partial charge in [-0.05, 0) is 29.8 Å². The number of benzene rings is 2. The van der Waals surface area contributed by atoms with Crippen LogP contribution in [0.4, 0.5) is 0 Å². The minimum Gasteiger partial charge on any atom is -0.384 e. The molecule has 124 valence electrons. The molecule has 2 aromatic carbocycles. The van der Waals surface area contributed by atoms with Gasteiger partial charge in [-0.1, -0.05) is 53.7 Å². The average Bonchev–Trinajstić information content (AvgIpc) is 2.99. The van der Waals surface area contributed by atoms with Crippen molar-refractivity contribution in [3.8, 4) is 11.4 Å². The van der Waals surface area contributed by atoms with Crippen molar-refractivity contribution < 1.29 is 4.74 Å². The van der Waals surface area contributed by atoms with E-state index in [2.05, 4.69) is 26.9 Å². The zero-order valence-corrected chi connectivity index (χ0v) is 14.9. The van der Waals surface area contributed by atoms with Crippen molar-refractivity contribution in [1.82, 2.24) is 14.8 Å². The normalized spacial score (nSPS) is 10.9. The molecule has 0 unspecified atom stereocenters. The molecule has 0 N–H and O–H groups in total. The fraction of sp³-hybridized carbons (Fsp3) is 0.222. The molecule has 0 fully saturated rings. The van der Waals surface area contributed by atoms with E-state index < -0.39 is 0 Å². The first-order valence-electron chi connectivity index (χ1n) is 7.62. The summed E-state index contributed by atoms with van der Waals surface area (Å²) in [7, 11) is 1.70. The third kappa shape index (κ3) is 4.17. The molecule has 3 aromatic rings. The summed E-state index contributed by atoms with van der Waals surface area (Å²) in [6.07, 6.45) is 0. The van der Waals surface area contributed by atoms with Crippen LogP contribution in [0.3, 0.4) is 0 Å². The van der Waals surface area contributed by atoms with Crippen molar-refractivity contribution >= 4 is 23.4 Å². The maximum absolute atomic E-state index is 6.00. The van der Waals surface area contributed by atoms with Gasteiger partial charge in [-0.3, -0.25) is 4.57 Å². The van der Waals surface area contributed by atoms with Crippen LogP contribution in [0.5, 0.6) is 0 Å². The van der Waals surface area contributed by atoms with E-state index in [1.165, 1.54) is 5.56 Å². The Balaban J connectivity index is 1.94. The number of thioether (sulfide) groups is 1. The monoisotopic (exact) mass is 359 g/mol. The van der Waals surface area contributed by atoms with E-state index in [1.54, 1.807) is 18.9 Å². The van der Waals surface area contributed by atoms with Gasteiger partial charge in [0.1, 0.15) is 0 Å². The molecule has 4 nitrogen and oxygen atoms in total. The Kier molecular flexibility index (Phi) is 5.91. The Morgan fingerprint density at radius 2 is 1.79 bits per heavy atom. The molecule has 3 rings (SSSR count). The number of hydrogen-bond donors (Lipinski definition) is 0. The number of rotatable bonds is 7. The van der Waals surface area contributed by atoms with Gasteiger partial charge >= 0.3 is 0 Å². The smallest absolute Gasteiger partial charge is 0.191 e. The van der Waals surface area contributed by atoms with Crippen LogP contribution < -0.4 is 0 Å². The van der Waals surface area contributed by atoms with Gasteiger partial charge < -0.3 is 4.74 Å². The topological polar surface area (TPSA) is 39.9 Å². The van der Waals surface area contributed by atoms with E-state index in [9.17, 15) is 0 Å². The number of nitrogens with zero attached hydrogens (tertiary/aromatic N) is 3. The van der Waals surface area contributed by atoms with Crippen LogP contribution in [0, 0.1) is 0 Å². The number of halogens is 1. The molecule has 0 radical (unpaired) electrons. The molecule has 0 spiro atoms. The quantitative estimate of drug-likeness (QED) is 0.463. The van der Waals surface area contributed by atoms with Crippen LogP contribution in [0.2, 0.25) is 5.02 Å². The molecule has 24 heavy (non-hydrogen) atoms. The first-order chi connectivity index (χ1) is 11.8. The lowest BCUT2D eigenvalue weighted by atomic mass is 10.2. The van der Waals surface area contributed by atoms with Crippen LogP contribution in [0.15, 0.2) is 59.8 Å². The van der Waals surface area contributed by atoms with E-state index in [-0.39, 0.29) is 0 Å². The van der Waals surface area contributed by atoms with Crippen LogP contribution >= 0.6 is 23.4 Å². The number of ether oxygens (including phenoxy) is 1. The van der Waals surface area contributed by atoms with Crippen molar-refractivity contribution in [2.45, 2.75) is 11.7 Å². The summed E-state index contributed by atoms with van der Waals surface area (Å²) in [5, 5.41) is 10.4. The van der Waals surface area contributed by atoms with Gasteiger partial charge in [0.15, 0.2) is 11.0 Å². The second-order valence-electron chi connectivity index (χ2n) is 5.23. The molecular weight excluding hydrogens is 342 g/mol. The molecule has 6 heteroatoms. The highest BCUT2D eigenvalue weighted by Crippen LogP contribution is 2.26. The van der Waals surface area contributed by atoms with Gasteiger partial charge in [-0.15, -0.1) is 10.2 Å². The average molecular weight is 360 g/mol. The SMILES string of the molecule is COCCSc1nnc(-c2ccc(Cl)cc2)n1Cc1ccccc1. The summed E-state index contributed by atoms with van der Waals surface area (Å²) in [5.41, 5.74) is 2.21. The molecule has 1 aromatic heterocycles. The summed E-state index contributed by atoms with van der Waals surface area (Å²) in [6.45, 7) is 1.40. The summed E-state index contributed by atoms with van der Waals surface area (Å²) >= 11 is 7.65. The van der Waals surface area contributed by atoms with E-state index in [0.29, 0.717) is 11.6 Å². The fourth-order valence-corrected chi connectivity index (χ4v) is 3.30. The molecule has 0 aliphatic heterocycles. The van der Waals surface area contributed by atoms with Crippen LogP contribution in [0.1, 0.15) is 5.56 Å². The minimum atomic E-state index is 0.680. The van der Waals surface area contributed by atoms with Crippen molar-refractivity contribution in [1.29, 1.82) is 0 Å². The minimum absolute atomic E-state index is 0.680. The Morgan fingerprint density at radius 1 is 1.04 bits per heavy atom. The van der Waals surface area contributed by atoms with Gasteiger partial charge in [-0.2, -0.15) is 0 Å². The maximum atomic E-state index is 6.00. The molecule has 0 saturated heterocycles. The van der Waals surface area contributed by atoms with E-state index in [0.717, 1.165) is 28.8 Å². The molecule has 1 heterocycles. The van der Waals surface area contributed by atoms with Crippen molar-refractivity contribution in [2.24, 2.45) is 0 Å². The van der Waals surface area contributed by atoms with Gasteiger partial charge in [0.2, 0.25) is 0 Å². The third-order valence-electron chi connectivity index (χ3n) is 3.52. The summed E-state index contributed by atoms with van der Waals surface area (Å²) in [6, 6.07) is 18.0. The highest BCUT2D eigenvalue weighted by Gasteiger charge is 2.14. The molecule has 0 bridgehead atoms. The molecular formula is C18H18ClN3OS.